The first-order chi connectivity index (χ1) is 14.1. The minimum absolute atomic E-state index is 0.124. The van der Waals surface area contributed by atoms with E-state index in [-0.39, 0.29) is 5.91 Å². The smallest absolute Gasteiger partial charge is 0.246 e. The Kier molecular flexibility index (Phi) is 6.89. The quantitative estimate of drug-likeness (QED) is 0.421. The molecule has 1 heterocycles. The molecule has 0 aliphatic rings. The van der Waals surface area contributed by atoms with E-state index in [9.17, 15) is 4.79 Å². The van der Waals surface area contributed by atoms with E-state index in [4.69, 9.17) is 14.5 Å². The summed E-state index contributed by atoms with van der Waals surface area (Å²) in [5, 5.41) is 2.87. The van der Waals surface area contributed by atoms with Crippen LogP contribution in [0.5, 0.6) is 11.5 Å². The van der Waals surface area contributed by atoms with Crippen molar-refractivity contribution in [2.24, 2.45) is 0 Å². The van der Waals surface area contributed by atoms with Crippen LogP contribution in [-0.4, -0.2) is 35.7 Å². The third-order valence-electron chi connectivity index (χ3n) is 4.61. The molecule has 0 unspecified atom stereocenters. The van der Waals surface area contributed by atoms with Crippen molar-refractivity contribution in [3.8, 4) is 11.5 Å². The number of fused-ring (bicyclic) bond motifs is 1. The number of aromatic nitrogens is 2. The molecule has 2 aromatic carbocycles. The van der Waals surface area contributed by atoms with Crippen molar-refractivity contribution in [3.63, 3.8) is 0 Å². The maximum Gasteiger partial charge on any atom is 0.246 e. The first-order valence-electron chi connectivity index (χ1n) is 9.73. The van der Waals surface area contributed by atoms with Gasteiger partial charge in [-0.1, -0.05) is 18.7 Å². The standard InChI is InChI=1S/C23H27N3O3/c1-17(2)23(27)24-14-13-22-25-20-7-4-5-8-21(20)26(22)15-6-16-29-19-11-9-18(28-3)10-12-19/h4-5,7-12H,1,6,13-16H2,2-3H3,(H,24,27). The highest BCUT2D eigenvalue weighted by atomic mass is 16.5. The Labute approximate surface area is 171 Å². The SMILES string of the molecule is C=C(C)C(=O)NCCc1nc2ccccc2n1CCCOc1ccc(OC)cc1. The number of rotatable bonds is 10. The molecule has 0 aliphatic carbocycles. The number of carbonyl (C=O) groups is 1. The van der Waals surface area contributed by atoms with Crippen molar-refractivity contribution in [2.75, 3.05) is 20.3 Å². The molecule has 1 amide bonds. The van der Waals surface area contributed by atoms with Gasteiger partial charge in [0.25, 0.3) is 0 Å². The van der Waals surface area contributed by atoms with Crippen LogP contribution in [0.1, 0.15) is 19.2 Å². The number of aryl methyl sites for hydroxylation is 1. The largest absolute Gasteiger partial charge is 0.497 e. The highest BCUT2D eigenvalue weighted by Gasteiger charge is 2.11. The van der Waals surface area contributed by atoms with Crippen LogP contribution < -0.4 is 14.8 Å². The van der Waals surface area contributed by atoms with Gasteiger partial charge in [-0.05, 0) is 49.7 Å². The predicted octanol–water partition coefficient (Wildman–Crippen LogP) is 3.75. The summed E-state index contributed by atoms with van der Waals surface area (Å²) in [5.41, 5.74) is 2.57. The normalized spacial score (nSPS) is 10.7. The average Bonchev–Trinajstić information content (AvgIpc) is 3.09. The van der Waals surface area contributed by atoms with Gasteiger partial charge in [0.15, 0.2) is 0 Å². The average molecular weight is 393 g/mol. The second-order valence-corrected chi connectivity index (χ2v) is 6.83. The van der Waals surface area contributed by atoms with E-state index in [0.29, 0.717) is 25.1 Å². The van der Waals surface area contributed by atoms with Crippen molar-refractivity contribution >= 4 is 16.9 Å². The molecular formula is C23H27N3O3. The molecule has 0 aliphatic heterocycles. The van der Waals surface area contributed by atoms with Crippen LogP contribution in [0.4, 0.5) is 0 Å². The molecule has 1 aromatic heterocycles. The third kappa shape index (κ3) is 5.38. The van der Waals surface area contributed by atoms with E-state index in [2.05, 4.69) is 22.5 Å². The molecule has 3 rings (SSSR count). The minimum Gasteiger partial charge on any atom is -0.497 e. The summed E-state index contributed by atoms with van der Waals surface area (Å²) < 4.78 is 13.2. The van der Waals surface area contributed by atoms with E-state index >= 15 is 0 Å². The first-order valence-corrected chi connectivity index (χ1v) is 9.73. The zero-order valence-corrected chi connectivity index (χ0v) is 17.0. The zero-order valence-electron chi connectivity index (χ0n) is 17.0. The molecule has 0 atom stereocenters. The van der Waals surface area contributed by atoms with Gasteiger partial charge in [0.2, 0.25) is 5.91 Å². The summed E-state index contributed by atoms with van der Waals surface area (Å²) in [5.74, 6) is 2.47. The number of hydrogen-bond donors (Lipinski definition) is 1. The minimum atomic E-state index is -0.124. The summed E-state index contributed by atoms with van der Waals surface area (Å²) in [7, 11) is 1.65. The van der Waals surface area contributed by atoms with E-state index in [1.54, 1.807) is 14.0 Å². The van der Waals surface area contributed by atoms with Gasteiger partial charge >= 0.3 is 0 Å². The maximum absolute atomic E-state index is 11.7. The summed E-state index contributed by atoms with van der Waals surface area (Å²) in [4.78, 5) is 16.5. The Hall–Kier alpha value is -3.28. The summed E-state index contributed by atoms with van der Waals surface area (Å²) in [6.07, 6.45) is 1.50. The summed E-state index contributed by atoms with van der Waals surface area (Å²) in [6, 6.07) is 15.7. The lowest BCUT2D eigenvalue weighted by Gasteiger charge is -2.11. The van der Waals surface area contributed by atoms with E-state index in [0.717, 1.165) is 41.3 Å². The predicted molar refractivity (Wildman–Crippen MR) is 114 cm³/mol. The topological polar surface area (TPSA) is 65.4 Å². The molecule has 0 radical (unpaired) electrons. The number of para-hydroxylation sites is 2. The van der Waals surface area contributed by atoms with Gasteiger partial charge in [0.05, 0.1) is 24.8 Å². The fraction of sp³-hybridized carbons (Fsp3) is 0.304. The van der Waals surface area contributed by atoms with Crippen LogP contribution in [0.2, 0.25) is 0 Å². The lowest BCUT2D eigenvalue weighted by Crippen LogP contribution is -2.26. The molecule has 3 aromatic rings. The molecule has 6 nitrogen and oxygen atoms in total. The summed E-state index contributed by atoms with van der Waals surface area (Å²) in [6.45, 7) is 7.28. The molecule has 0 fully saturated rings. The number of imidazole rings is 1. The van der Waals surface area contributed by atoms with Crippen LogP contribution in [-0.2, 0) is 17.8 Å². The first kappa shape index (κ1) is 20.5. The maximum atomic E-state index is 11.7. The molecule has 0 saturated heterocycles. The van der Waals surface area contributed by atoms with Crippen molar-refractivity contribution < 1.29 is 14.3 Å². The van der Waals surface area contributed by atoms with E-state index in [1.807, 2.05) is 42.5 Å². The number of carbonyl (C=O) groups excluding carboxylic acids is 1. The van der Waals surface area contributed by atoms with Crippen LogP contribution in [0.3, 0.4) is 0 Å². The van der Waals surface area contributed by atoms with Crippen LogP contribution in [0.25, 0.3) is 11.0 Å². The Morgan fingerprint density at radius 2 is 1.86 bits per heavy atom. The fourth-order valence-corrected chi connectivity index (χ4v) is 3.09. The van der Waals surface area contributed by atoms with Crippen molar-refractivity contribution in [3.05, 3.63) is 66.5 Å². The molecule has 152 valence electrons. The molecule has 6 heteroatoms. The summed E-state index contributed by atoms with van der Waals surface area (Å²) >= 11 is 0. The van der Waals surface area contributed by atoms with Crippen LogP contribution >= 0.6 is 0 Å². The Morgan fingerprint density at radius 3 is 2.59 bits per heavy atom. The van der Waals surface area contributed by atoms with E-state index in [1.165, 1.54) is 0 Å². The molecule has 0 saturated carbocycles. The van der Waals surface area contributed by atoms with Gasteiger partial charge in [-0.2, -0.15) is 0 Å². The lowest BCUT2D eigenvalue weighted by atomic mass is 10.3. The molecule has 0 spiro atoms. The number of nitrogens with zero attached hydrogens (tertiary/aromatic N) is 2. The van der Waals surface area contributed by atoms with Gasteiger partial charge in [-0.25, -0.2) is 4.98 Å². The molecule has 29 heavy (non-hydrogen) atoms. The Morgan fingerprint density at radius 1 is 1.14 bits per heavy atom. The zero-order chi connectivity index (χ0) is 20.6. The van der Waals surface area contributed by atoms with Gasteiger partial charge in [-0.3, -0.25) is 4.79 Å². The number of benzene rings is 2. The Bertz CT molecular complexity index is 977. The van der Waals surface area contributed by atoms with Gasteiger partial charge in [0, 0.05) is 25.1 Å². The second-order valence-electron chi connectivity index (χ2n) is 6.83. The molecule has 0 bridgehead atoms. The van der Waals surface area contributed by atoms with Crippen LogP contribution in [0, 0.1) is 0 Å². The monoisotopic (exact) mass is 393 g/mol. The number of methoxy groups -OCH3 is 1. The van der Waals surface area contributed by atoms with Crippen molar-refractivity contribution in [2.45, 2.75) is 26.3 Å². The number of nitrogens with one attached hydrogen (secondary N) is 1. The van der Waals surface area contributed by atoms with Gasteiger partial charge < -0.3 is 19.4 Å². The third-order valence-corrected chi connectivity index (χ3v) is 4.61. The van der Waals surface area contributed by atoms with Gasteiger partial charge in [-0.15, -0.1) is 0 Å². The second kappa shape index (κ2) is 9.78. The highest BCUT2D eigenvalue weighted by molar-refractivity contribution is 5.92. The van der Waals surface area contributed by atoms with Crippen molar-refractivity contribution in [1.82, 2.24) is 14.9 Å². The van der Waals surface area contributed by atoms with Gasteiger partial charge in [0.1, 0.15) is 17.3 Å². The number of hydrogen-bond acceptors (Lipinski definition) is 4. The number of amides is 1. The molecule has 1 N–H and O–H groups in total. The Balaban J connectivity index is 1.60. The fourth-order valence-electron chi connectivity index (χ4n) is 3.09. The van der Waals surface area contributed by atoms with E-state index < -0.39 is 0 Å². The van der Waals surface area contributed by atoms with Crippen molar-refractivity contribution in [1.29, 1.82) is 0 Å². The molecular weight excluding hydrogens is 366 g/mol. The van der Waals surface area contributed by atoms with Crippen LogP contribution in [0.15, 0.2) is 60.7 Å². The highest BCUT2D eigenvalue weighted by Crippen LogP contribution is 2.19. The lowest BCUT2D eigenvalue weighted by molar-refractivity contribution is -0.117. The number of ether oxygens (including phenoxy) is 2.